The fraction of sp³-hybridized carbons (Fsp3) is 0.360. The van der Waals surface area contributed by atoms with Crippen LogP contribution in [-0.2, 0) is 24.9 Å². The molecule has 0 aliphatic carbocycles. The molecule has 1 aromatic carbocycles. The van der Waals surface area contributed by atoms with E-state index in [0.29, 0.717) is 0 Å². The standard InChI is InChI=1S/C25H29N7O/c1-18-21(15-29(3)27-18)16-30-11-13-31(14-12-30)23(33)17-32-25-24(19(2)28-32)22(9-10-26-25)20-7-5-4-6-8-20/h4-10,15H,11-14,16-17H2,1-3H3. The third kappa shape index (κ3) is 4.26. The van der Waals surface area contributed by atoms with Gasteiger partial charge in [-0.25, -0.2) is 9.67 Å². The molecule has 1 aliphatic heterocycles. The molecule has 33 heavy (non-hydrogen) atoms. The van der Waals surface area contributed by atoms with Crippen molar-refractivity contribution in [1.82, 2.24) is 34.3 Å². The second-order valence-electron chi connectivity index (χ2n) is 8.74. The van der Waals surface area contributed by atoms with Gasteiger partial charge in [0.05, 0.1) is 11.4 Å². The lowest BCUT2D eigenvalue weighted by molar-refractivity contribution is -0.133. The zero-order chi connectivity index (χ0) is 22.9. The average Bonchev–Trinajstić information content (AvgIpc) is 3.32. The molecule has 4 aromatic rings. The zero-order valence-corrected chi connectivity index (χ0v) is 19.4. The maximum atomic E-state index is 13.1. The lowest BCUT2D eigenvalue weighted by atomic mass is 10.0. The number of hydrogen-bond donors (Lipinski definition) is 0. The summed E-state index contributed by atoms with van der Waals surface area (Å²) >= 11 is 0. The fourth-order valence-corrected chi connectivity index (χ4v) is 4.68. The van der Waals surface area contributed by atoms with Gasteiger partial charge in [0.15, 0.2) is 5.65 Å². The van der Waals surface area contributed by atoms with Crippen LogP contribution in [0.5, 0.6) is 0 Å². The van der Waals surface area contributed by atoms with E-state index >= 15 is 0 Å². The molecule has 1 aliphatic rings. The van der Waals surface area contributed by atoms with Crippen molar-refractivity contribution in [2.24, 2.45) is 7.05 Å². The largest absolute Gasteiger partial charge is 0.339 e. The number of amides is 1. The van der Waals surface area contributed by atoms with Crippen molar-refractivity contribution in [3.05, 3.63) is 65.7 Å². The van der Waals surface area contributed by atoms with E-state index in [1.165, 1.54) is 5.56 Å². The van der Waals surface area contributed by atoms with Crippen LogP contribution in [0, 0.1) is 13.8 Å². The molecule has 0 atom stereocenters. The predicted octanol–water partition coefficient (Wildman–Crippen LogP) is 2.79. The van der Waals surface area contributed by atoms with Crippen molar-refractivity contribution in [2.45, 2.75) is 26.9 Å². The topological polar surface area (TPSA) is 72.1 Å². The Kier molecular flexibility index (Phi) is 5.68. The number of nitrogens with zero attached hydrogens (tertiary/aromatic N) is 7. The number of piperazine rings is 1. The van der Waals surface area contributed by atoms with Gasteiger partial charge in [-0.15, -0.1) is 0 Å². The molecule has 0 N–H and O–H groups in total. The third-order valence-corrected chi connectivity index (χ3v) is 6.41. The van der Waals surface area contributed by atoms with Crippen molar-refractivity contribution in [1.29, 1.82) is 0 Å². The quantitative estimate of drug-likeness (QED) is 0.474. The molecule has 8 nitrogen and oxygen atoms in total. The molecule has 1 saturated heterocycles. The molecule has 1 amide bonds. The number of aromatic nitrogens is 5. The number of pyridine rings is 1. The third-order valence-electron chi connectivity index (χ3n) is 6.41. The van der Waals surface area contributed by atoms with Gasteiger partial charge in [-0.05, 0) is 31.0 Å². The van der Waals surface area contributed by atoms with E-state index in [2.05, 4.69) is 38.4 Å². The Bertz CT molecular complexity index is 1280. The van der Waals surface area contributed by atoms with Gasteiger partial charge in [0.2, 0.25) is 5.91 Å². The van der Waals surface area contributed by atoms with Gasteiger partial charge in [-0.3, -0.25) is 14.4 Å². The summed E-state index contributed by atoms with van der Waals surface area (Å²) in [6.45, 7) is 8.26. The Morgan fingerprint density at radius 2 is 1.73 bits per heavy atom. The Morgan fingerprint density at radius 3 is 2.42 bits per heavy atom. The van der Waals surface area contributed by atoms with E-state index in [4.69, 9.17) is 0 Å². The fourth-order valence-electron chi connectivity index (χ4n) is 4.68. The number of carbonyl (C=O) groups excluding carboxylic acids is 1. The van der Waals surface area contributed by atoms with E-state index in [1.54, 1.807) is 10.9 Å². The normalized spacial score (nSPS) is 14.8. The SMILES string of the molecule is Cc1nn(C)cc1CN1CCN(C(=O)Cn2nc(C)c3c(-c4ccccc4)ccnc32)CC1. The summed E-state index contributed by atoms with van der Waals surface area (Å²) in [5.74, 6) is 0.0866. The van der Waals surface area contributed by atoms with Crippen molar-refractivity contribution in [2.75, 3.05) is 26.2 Å². The second-order valence-corrected chi connectivity index (χ2v) is 8.74. The summed E-state index contributed by atoms with van der Waals surface area (Å²) in [4.78, 5) is 22.0. The minimum absolute atomic E-state index is 0.0866. The van der Waals surface area contributed by atoms with Crippen molar-refractivity contribution >= 4 is 16.9 Å². The van der Waals surface area contributed by atoms with Crippen LogP contribution in [0.2, 0.25) is 0 Å². The molecule has 0 bridgehead atoms. The van der Waals surface area contributed by atoms with Gasteiger partial charge in [-0.2, -0.15) is 10.2 Å². The van der Waals surface area contributed by atoms with E-state index in [-0.39, 0.29) is 12.5 Å². The number of hydrogen-bond acceptors (Lipinski definition) is 5. The van der Waals surface area contributed by atoms with Crippen LogP contribution in [-0.4, -0.2) is 66.4 Å². The molecule has 170 valence electrons. The highest BCUT2D eigenvalue weighted by Crippen LogP contribution is 2.29. The van der Waals surface area contributed by atoms with E-state index < -0.39 is 0 Å². The minimum Gasteiger partial charge on any atom is -0.339 e. The van der Waals surface area contributed by atoms with Crippen molar-refractivity contribution in [3.63, 3.8) is 0 Å². The number of rotatable bonds is 5. The van der Waals surface area contributed by atoms with Crippen molar-refractivity contribution < 1.29 is 4.79 Å². The highest BCUT2D eigenvalue weighted by atomic mass is 16.2. The summed E-state index contributed by atoms with van der Waals surface area (Å²) in [6, 6.07) is 12.3. The molecule has 4 heterocycles. The van der Waals surface area contributed by atoms with Gasteiger partial charge in [-0.1, -0.05) is 30.3 Å². The maximum absolute atomic E-state index is 13.1. The van der Waals surface area contributed by atoms with Crippen molar-refractivity contribution in [3.8, 4) is 11.1 Å². The van der Waals surface area contributed by atoms with Gasteiger partial charge in [0.25, 0.3) is 0 Å². The Balaban J connectivity index is 1.28. The molecular weight excluding hydrogens is 414 g/mol. The van der Waals surface area contributed by atoms with Crippen LogP contribution >= 0.6 is 0 Å². The zero-order valence-electron chi connectivity index (χ0n) is 19.4. The Labute approximate surface area is 193 Å². The molecule has 3 aromatic heterocycles. The summed E-state index contributed by atoms with van der Waals surface area (Å²) < 4.78 is 3.61. The smallest absolute Gasteiger partial charge is 0.244 e. The molecule has 0 saturated carbocycles. The molecule has 5 rings (SSSR count). The number of aryl methyl sites for hydroxylation is 3. The highest BCUT2D eigenvalue weighted by molar-refractivity contribution is 5.95. The van der Waals surface area contributed by atoms with Gasteiger partial charge < -0.3 is 4.90 Å². The predicted molar refractivity (Wildman–Crippen MR) is 128 cm³/mol. The summed E-state index contributed by atoms with van der Waals surface area (Å²) in [5, 5.41) is 10.1. The van der Waals surface area contributed by atoms with Gasteiger partial charge >= 0.3 is 0 Å². The summed E-state index contributed by atoms with van der Waals surface area (Å²) in [6.07, 6.45) is 3.88. The van der Waals surface area contributed by atoms with Crippen LogP contribution in [0.1, 0.15) is 17.0 Å². The van der Waals surface area contributed by atoms with Crippen LogP contribution < -0.4 is 0 Å². The van der Waals surface area contributed by atoms with E-state index in [9.17, 15) is 4.79 Å². The molecule has 0 radical (unpaired) electrons. The first-order chi connectivity index (χ1) is 16.0. The first kappa shape index (κ1) is 21.3. The molecule has 1 fully saturated rings. The second kappa shape index (κ2) is 8.78. The first-order valence-electron chi connectivity index (χ1n) is 11.4. The number of fused-ring (bicyclic) bond motifs is 1. The van der Waals surface area contributed by atoms with Crippen LogP contribution in [0.4, 0.5) is 0 Å². The molecule has 0 unspecified atom stereocenters. The molecule has 0 spiro atoms. The van der Waals surface area contributed by atoms with Gasteiger partial charge in [0, 0.05) is 63.1 Å². The van der Waals surface area contributed by atoms with Gasteiger partial charge in [0.1, 0.15) is 6.54 Å². The molecular formula is C25H29N7O. The van der Waals surface area contributed by atoms with Crippen LogP contribution in [0.3, 0.4) is 0 Å². The van der Waals surface area contributed by atoms with Crippen LogP contribution in [0.25, 0.3) is 22.2 Å². The van der Waals surface area contributed by atoms with Crippen LogP contribution in [0.15, 0.2) is 48.8 Å². The lowest BCUT2D eigenvalue weighted by Crippen LogP contribution is -2.49. The minimum atomic E-state index is 0.0866. The Morgan fingerprint density at radius 1 is 0.970 bits per heavy atom. The Hall–Kier alpha value is -3.52. The number of benzene rings is 1. The summed E-state index contributed by atoms with van der Waals surface area (Å²) in [7, 11) is 1.95. The highest BCUT2D eigenvalue weighted by Gasteiger charge is 2.24. The first-order valence-corrected chi connectivity index (χ1v) is 11.4. The number of carbonyl (C=O) groups is 1. The monoisotopic (exact) mass is 443 g/mol. The average molecular weight is 444 g/mol. The maximum Gasteiger partial charge on any atom is 0.244 e. The summed E-state index contributed by atoms with van der Waals surface area (Å²) in [5.41, 5.74) is 6.18. The van der Waals surface area contributed by atoms with E-state index in [0.717, 1.165) is 66.3 Å². The van der Waals surface area contributed by atoms with E-state index in [1.807, 2.05) is 54.7 Å². The lowest BCUT2D eigenvalue weighted by Gasteiger charge is -2.34. The molecule has 8 heteroatoms.